The predicted molar refractivity (Wildman–Crippen MR) is 75.1 cm³/mol. The van der Waals surface area contributed by atoms with E-state index in [1.54, 1.807) is 19.2 Å². The lowest BCUT2D eigenvalue weighted by Crippen LogP contribution is -2.03. The second-order valence-corrected chi connectivity index (χ2v) is 5.36. The van der Waals surface area contributed by atoms with E-state index in [0.717, 1.165) is 10.0 Å². The number of benzene rings is 1. The Hall–Kier alpha value is -1.07. The normalized spacial score (nSPS) is 10.4. The van der Waals surface area contributed by atoms with Crippen molar-refractivity contribution in [2.24, 2.45) is 0 Å². The maximum atomic E-state index is 12.0. The minimum absolute atomic E-state index is 0.0860. The molecule has 5 heteroatoms. The highest BCUT2D eigenvalue weighted by atomic mass is 79.9. The molecule has 2 rings (SSSR count). The standard InChI is InChI=1S/C13H10Br2O3/c1-17-11-3-2-9(14)6-8(11)7-10(16)12-4-5-13(15)18-12/h2-6H,7H2,1H3. The number of carbonyl (C=O) groups is 1. The van der Waals surface area contributed by atoms with E-state index >= 15 is 0 Å². The summed E-state index contributed by atoms with van der Waals surface area (Å²) in [5, 5.41) is 0. The van der Waals surface area contributed by atoms with Gasteiger partial charge in [-0.3, -0.25) is 4.79 Å². The third kappa shape index (κ3) is 3.03. The van der Waals surface area contributed by atoms with E-state index in [1.807, 2.05) is 18.2 Å². The fraction of sp³-hybridized carbons (Fsp3) is 0.154. The van der Waals surface area contributed by atoms with E-state index in [-0.39, 0.29) is 12.2 Å². The molecule has 0 aliphatic carbocycles. The second-order valence-electron chi connectivity index (χ2n) is 3.66. The maximum Gasteiger partial charge on any atom is 0.202 e. The molecule has 0 spiro atoms. The van der Waals surface area contributed by atoms with Gasteiger partial charge in [-0.25, -0.2) is 0 Å². The molecule has 0 saturated heterocycles. The van der Waals surface area contributed by atoms with Crippen molar-refractivity contribution in [2.45, 2.75) is 6.42 Å². The smallest absolute Gasteiger partial charge is 0.202 e. The average molecular weight is 374 g/mol. The van der Waals surface area contributed by atoms with Crippen molar-refractivity contribution < 1.29 is 13.9 Å². The van der Waals surface area contributed by atoms with Gasteiger partial charge in [-0.05, 0) is 46.3 Å². The number of hydrogen-bond acceptors (Lipinski definition) is 3. The van der Waals surface area contributed by atoms with E-state index < -0.39 is 0 Å². The molecule has 2 aromatic rings. The van der Waals surface area contributed by atoms with Crippen molar-refractivity contribution in [3.05, 3.63) is 50.8 Å². The lowest BCUT2D eigenvalue weighted by molar-refractivity contribution is 0.0964. The van der Waals surface area contributed by atoms with E-state index in [2.05, 4.69) is 31.9 Å². The Bertz CT molecular complexity index is 575. The molecule has 0 saturated carbocycles. The van der Waals surface area contributed by atoms with Gasteiger partial charge in [0.05, 0.1) is 7.11 Å². The van der Waals surface area contributed by atoms with Crippen LogP contribution in [0.4, 0.5) is 0 Å². The van der Waals surface area contributed by atoms with Crippen molar-refractivity contribution >= 4 is 37.6 Å². The SMILES string of the molecule is COc1ccc(Br)cc1CC(=O)c1ccc(Br)o1. The molecule has 0 N–H and O–H groups in total. The molecule has 0 aliphatic heterocycles. The van der Waals surface area contributed by atoms with Crippen LogP contribution < -0.4 is 4.74 Å². The molecule has 0 radical (unpaired) electrons. The number of ether oxygens (including phenoxy) is 1. The van der Waals surface area contributed by atoms with Crippen LogP contribution in [0.1, 0.15) is 16.1 Å². The predicted octanol–water partition coefficient (Wildman–Crippen LogP) is 4.24. The fourth-order valence-electron chi connectivity index (χ4n) is 1.61. The first-order chi connectivity index (χ1) is 8.60. The third-order valence-electron chi connectivity index (χ3n) is 2.44. The molecule has 0 fully saturated rings. The zero-order valence-corrected chi connectivity index (χ0v) is 12.7. The van der Waals surface area contributed by atoms with E-state index in [0.29, 0.717) is 16.2 Å². The number of Topliss-reactive ketones (excluding diaryl/α,β-unsaturated/α-hetero) is 1. The summed E-state index contributed by atoms with van der Waals surface area (Å²) < 4.78 is 11.9. The number of hydrogen-bond donors (Lipinski definition) is 0. The molecule has 1 aromatic carbocycles. The van der Waals surface area contributed by atoms with Gasteiger partial charge in [0.1, 0.15) is 5.75 Å². The summed E-state index contributed by atoms with van der Waals surface area (Å²) in [6.45, 7) is 0. The summed E-state index contributed by atoms with van der Waals surface area (Å²) in [5.41, 5.74) is 0.824. The Labute approximate surface area is 121 Å². The van der Waals surface area contributed by atoms with Gasteiger partial charge in [0, 0.05) is 16.5 Å². The van der Waals surface area contributed by atoms with Gasteiger partial charge in [0.15, 0.2) is 10.4 Å². The Morgan fingerprint density at radius 3 is 2.67 bits per heavy atom. The minimum atomic E-state index is -0.0860. The van der Waals surface area contributed by atoms with Gasteiger partial charge in [-0.2, -0.15) is 0 Å². The molecular formula is C13H10Br2O3. The van der Waals surface area contributed by atoms with Gasteiger partial charge in [0.25, 0.3) is 0 Å². The summed E-state index contributed by atoms with van der Waals surface area (Å²) in [7, 11) is 1.58. The van der Waals surface area contributed by atoms with Crippen LogP contribution in [-0.4, -0.2) is 12.9 Å². The quantitative estimate of drug-likeness (QED) is 0.752. The first-order valence-electron chi connectivity index (χ1n) is 5.21. The summed E-state index contributed by atoms with van der Waals surface area (Å²) in [6, 6.07) is 8.91. The minimum Gasteiger partial charge on any atom is -0.496 e. The van der Waals surface area contributed by atoms with Crippen molar-refractivity contribution in [1.82, 2.24) is 0 Å². The van der Waals surface area contributed by atoms with E-state index in [1.165, 1.54) is 0 Å². The molecule has 0 atom stereocenters. The summed E-state index contributed by atoms with van der Waals surface area (Å²) in [6.07, 6.45) is 0.239. The average Bonchev–Trinajstić information content (AvgIpc) is 2.76. The van der Waals surface area contributed by atoms with Gasteiger partial charge in [-0.1, -0.05) is 15.9 Å². The Morgan fingerprint density at radius 1 is 1.28 bits per heavy atom. The Balaban J connectivity index is 2.23. The number of methoxy groups -OCH3 is 1. The first kappa shape index (κ1) is 13.4. The molecule has 1 aromatic heterocycles. The lowest BCUT2D eigenvalue weighted by Gasteiger charge is -2.07. The van der Waals surface area contributed by atoms with E-state index in [4.69, 9.17) is 9.15 Å². The second kappa shape index (κ2) is 5.71. The number of rotatable bonds is 4. The van der Waals surface area contributed by atoms with Crippen molar-refractivity contribution in [1.29, 1.82) is 0 Å². The lowest BCUT2D eigenvalue weighted by atomic mass is 10.1. The molecule has 0 aliphatic rings. The monoisotopic (exact) mass is 372 g/mol. The molecule has 0 unspecified atom stereocenters. The van der Waals surface area contributed by atoms with Crippen LogP contribution in [0.2, 0.25) is 0 Å². The highest BCUT2D eigenvalue weighted by molar-refractivity contribution is 9.10. The van der Waals surface area contributed by atoms with Crippen molar-refractivity contribution in [3.63, 3.8) is 0 Å². The number of furan rings is 1. The van der Waals surface area contributed by atoms with Crippen LogP contribution in [0.5, 0.6) is 5.75 Å². The summed E-state index contributed by atoms with van der Waals surface area (Å²) >= 11 is 6.55. The van der Waals surface area contributed by atoms with Crippen LogP contribution in [-0.2, 0) is 6.42 Å². The highest BCUT2D eigenvalue weighted by Crippen LogP contribution is 2.25. The molecule has 3 nitrogen and oxygen atoms in total. The summed E-state index contributed by atoms with van der Waals surface area (Å²) in [5.74, 6) is 0.943. The van der Waals surface area contributed by atoms with Gasteiger partial charge in [-0.15, -0.1) is 0 Å². The van der Waals surface area contributed by atoms with Crippen molar-refractivity contribution in [3.8, 4) is 5.75 Å². The molecule has 18 heavy (non-hydrogen) atoms. The zero-order chi connectivity index (χ0) is 13.1. The topological polar surface area (TPSA) is 39.4 Å². The fourth-order valence-corrected chi connectivity index (χ4v) is 2.32. The Kier molecular flexibility index (Phi) is 4.24. The molecule has 94 valence electrons. The van der Waals surface area contributed by atoms with Crippen LogP contribution in [0, 0.1) is 0 Å². The van der Waals surface area contributed by atoms with Crippen molar-refractivity contribution in [2.75, 3.05) is 7.11 Å². The largest absolute Gasteiger partial charge is 0.496 e. The molecular weight excluding hydrogens is 364 g/mol. The number of carbonyl (C=O) groups excluding carboxylic acids is 1. The van der Waals surface area contributed by atoms with Crippen LogP contribution >= 0.6 is 31.9 Å². The maximum absolute atomic E-state index is 12.0. The van der Waals surface area contributed by atoms with Crippen LogP contribution in [0.3, 0.4) is 0 Å². The molecule has 0 bridgehead atoms. The van der Waals surface area contributed by atoms with Crippen LogP contribution in [0.25, 0.3) is 0 Å². The molecule has 0 amide bonds. The molecule has 1 heterocycles. The third-order valence-corrected chi connectivity index (χ3v) is 3.36. The van der Waals surface area contributed by atoms with Crippen LogP contribution in [0.15, 0.2) is 43.9 Å². The summed E-state index contributed by atoms with van der Waals surface area (Å²) in [4.78, 5) is 12.0. The van der Waals surface area contributed by atoms with Gasteiger partial charge < -0.3 is 9.15 Å². The first-order valence-corrected chi connectivity index (χ1v) is 6.79. The van der Waals surface area contributed by atoms with Gasteiger partial charge >= 0.3 is 0 Å². The number of halogens is 2. The highest BCUT2D eigenvalue weighted by Gasteiger charge is 2.14. The van der Waals surface area contributed by atoms with E-state index in [9.17, 15) is 4.79 Å². The zero-order valence-electron chi connectivity index (χ0n) is 9.57. The number of ketones is 1. The van der Waals surface area contributed by atoms with Gasteiger partial charge in [0.2, 0.25) is 5.78 Å². The Morgan fingerprint density at radius 2 is 2.06 bits per heavy atom.